The zero-order valence-corrected chi connectivity index (χ0v) is 13.5. The van der Waals surface area contributed by atoms with Gasteiger partial charge in [0.15, 0.2) is 5.13 Å². The maximum atomic E-state index is 11.7. The zero-order chi connectivity index (χ0) is 15.7. The van der Waals surface area contributed by atoms with E-state index in [1.165, 1.54) is 11.3 Å². The molecule has 22 heavy (non-hydrogen) atoms. The molecule has 8 heteroatoms. The number of rotatable bonds is 5. The molecule has 1 aliphatic carbocycles. The molecule has 1 aromatic heterocycles. The number of anilines is 2. The molecule has 6 nitrogen and oxygen atoms in total. The van der Waals surface area contributed by atoms with E-state index in [1.54, 1.807) is 24.3 Å². The molecular weight excluding hydrogens is 322 g/mol. The average Bonchev–Trinajstić information content (AvgIpc) is 3.19. The van der Waals surface area contributed by atoms with Crippen molar-refractivity contribution in [3.8, 4) is 11.3 Å². The second-order valence-electron chi connectivity index (χ2n) is 5.25. The SMILES string of the molecule is CS(=O)(=O)Nc1ccc(-c2csc(NC(=O)C3CC3)n2)cc1. The lowest BCUT2D eigenvalue weighted by Crippen LogP contribution is -2.12. The van der Waals surface area contributed by atoms with E-state index in [0.29, 0.717) is 10.8 Å². The van der Waals surface area contributed by atoms with Crippen LogP contribution in [0.2, 0.25) is 0 Å². The third-order valence-corrected chi connectivity index (χ3v) is 4.53. The van der Waals surface area contributed by atoms with Crippen LogP contribution in [0.25, 0.3) is 11.3 Å². The number of aromatic nitrogens is 1. The van der Waals surface area contributed by atoms with Gasteiger partial charge < -0.3 is 5.32 Å². The summed E-state index contributed by atoms with van der Waals surface area (Å²) in [6, 6.07) is 6.93. The highest BCUT2D eigenvalue weighted by Gasteiger charge is 2.30. The smallest absolute Gasteiger partial charge is 0.229 e. The summed E-state index contributed by atoms with van der Waals surface area (Å²) in [6.45, 7) is 0. The van der Waals surface area contributed by atoms with E-state index in [0.717, 1.165) is 30.4 Å². The quantitative estimate of drug-likeness (QED) is 0.877. The standard InChI is InChI=1S/C14H15N3O3S2/c1-22(19,20)17-11-6-4-9(5-7-11)12-8-21-14(15-12)16-13(18)10-2-3-10/h4-8,10,17H,2-3H2,1H3,(H,15,16,18). The van der Waals surface area contributed by atoms with Crippen LogP contribution in [0.5, 0.6) is 0 Å². The van der Waals surface area contributed by atoms with Gasteiger partial charge in [-0.25, -0.2) is 13.4 Å². The van der Waals surface area contributed by atoms with Crippen molar-refractivity contribution in [3.63, 3.8) is 0 Å². The van der Waals surface area contributed by atoms with Gasteiger partial charge in [0, 0.05) is 22.5 Å². The summed E-state index contributed by atoms with van der Waals surface area (Å²) in [6.07, 6.45) is 3.02. The molecule has 2 N–H and O–H groups in total. The van der Waals surface area contributed by atoms with Crippen LogP contribution in [-0.4, -0.2) is 25.6 Å². The van der Waals surface area contributed by atoms with Crippen molar-refractivity contribution in [2.75, 3.05) is 16.3 Å². The fourth-order valence-corrected chi connectivity index (χ4v) is 3.23. The second kappa shape index (κ2) is 5.69. The number of sulfonamides is 1. The molecule has 3 rings (SSSR count). The van der Waals surface area contributed by atoms with Crippen molar-refractivity contribution in [2.45, 2.75) is 12.8 Å². The number of carbonyl (C=O) groups is 1. The fourth-order valence-electron chi connectivity index (χ4n) is 1.94. The minimum absolute atomic E-state index is 0.0357. The molecule has 0 unspecified atom stereocenters. The molecule has 0 atom stereocenters. The van der Waals surface area contributed by atoms with Gasteiger partial charge in [0.05, 0.1) is 11.9 Å². The molecule has 1 aliphatic rings. The Morgan fingerprint density at radius 1 is 1.27 bits per heavy atom. The third kappa shape index (κ3) is 3.83. The molecule has 1 saturated carbocycles. The summed E-state index contributed by atoms with van der Waals surface area (Å²) < 4.78 is 24.7. The van der Waals surface area contributed by atoms with Crippen LogP contribution in [0.4, 0.5) is 10.8 Å². The molecule has 116 valence electrons. The maximum absolute atomic E-state index is 11.7. The van der Waals surface area contributed by atoms with Crippen LogP contribution < -0.4 is 10.0 Å². The van der Waals surface area contributed by atoms with Gasteiger partial charge >= 0.3 is 0 Å². The van der Waals surface area contributed by atoms with Gasteiger partial charge in [0.25, 0.3) is 0 Å². The summed E-state index contributed by atoms with van der Waals surface area (Å²) in [5.74, 6) is 0.183. The van der Waals surface area contributed by atoms with Gasteiger partial charge in [-0.3, -0.25) is 9.52 Å². The lowest BCUT2D eigenvalue weighted by atomic mass is 10.1. The highest BCUT2D eigenvalue weighted by Crippen LogP contribution is 2.31. The number of carbonyl (C=O) groups excluding carboxylic acids is 1. The summed E-state index contributed by atoms with van der Waals surface area (Å²) in [5, 5.41) is 5.26. The van der Waals surface area contributed by atoms with Crippen molar-refractivity contribution in [1.29, 1.82) is 0 Å². The second-order valence-corrected chi connectivity index (χ2v) is 7.86. The Morgan fingerprint density at radius 3 is 2.55 bits per heavy atom. The predicted molar refractivity (Wildman–Crippen MR) is 87.4 cm³/mol. The van der Waals surface area contributed by atoms with Crippen molar-refractivity contribution >= 4 is 38.1 Å². The van der Waals surface area contributed by atoms with E-state index < -0.39 is 10.0 Å². The summed E-state index contributed by atoms with van der Waals surface area (Å²) in [5.41, 5.74) is 2.12. The fraction of sp³-hybridized carbons (Fsp3) is 0.286. The van der Waals surface area contributed by atoms with Gasteiger partial charge in [-0.15, -0.1) is 11.3 Å². The van der Waals surface area contributed by atoms with Gasteiger partial charge in [0.2, 0.25) is 15.9 Å². The van der Waals surface area contributed by atoms with Crippen molar-refractivity contribution in [1.82, 2.24) is 4.98 Å². The number of hydrogen-bond donors (Lipinski definition) is 2. The monoisotopic (exact) mass is 337 g/mol. The van der Waals surface area contributed by atoms with Crippen LogP contribution in [0.1, 0.15) is 12.8 Å². The van der Waals surface area contributed by atoms with Gasteiger partial charge in [-0.2, -0.15) is 0 Å². The summed E-state index contributed by atoms with van der Waals surface area (Å²) in [7, 11) is -3.28. The van der Waals surface area contributed by atoms with Crippen LogP contribution in [-0.2, 0) is 14.8 Å². The Hall–Kier alpha value is -1.93. The summed E-state index contributed by atoms with van der Waals surface area (Å²) in [4.78, 5) is 16.1. The molecule has 0 bridgehead atoms. The van der Waals surface area contributed by atoms with Crippen molar-refractivity contribution < 1.29 is 13.2 Å². The molecule has 0 spiro atoms. The Kier molecular flexibility index (Phi) is 3.88. The number of amides is 1. The highest BCUT2D eigenvalue weighted by molar-refractivity contribution is 7.92. The Morgan fingerprint density at radius 2 is 1.95 bits per heavy atom. The number of nitrogens with one attached hydrogen (secondary N) is 2. The molecule has 1 aromatic carbocycles. The van der Waals surface area contributed by atoms with Crippen LogP contribution in [0.3, 0.4) is 0 Å². The van der Waals surface area contributed by atoms with Gasteiger partial charge in [-0.05, 0) is 25.0 Å². The number of hydrogen-bond acceptors (Lipinski definition) is 5. The molecule has 0 radical (unpaired) electrons. The first-order valence-corrected chi connectivity index (χ1v) is 9.52. The summed E-state index contributed by atoms with van der Waals surface area (Å²) >= 11 is 1.38. The molecule has 2 aromatic rings. The number of nitrogens with zero attached hydrogens (tertiary/aromatic N) is 1. The topological polar surface area (TPSA) is 88.2 Å². The average molecular weight is 337 g/mol. The lowest BCUT2D eigenvalue weighted by Gasteiger charge is -2.04. The van der Waals surface area contributed by atoms with Crippen molar-refractivity contribution in [2.24, 2.45) is 5.92 Å². The van der Waals surface area contributed by atoms with E-state index in [1.807, 2.05) is 5.38 Å². The first kappa shape index (κ1) is 15.0. The molecular formula is C14H15N3O3S2. The Balaban J connectivity index is 1.71. The number of benzene rings is 1. The van der Waals surface area contributed by atoms with Gasteiger partial charge in [0.1, 0.15) is 0 Å². The first-order chi connectivity index (χ1) is 10.4. The normalized spacial score (nSPS) is 14.6. The molecule has 1 amide bonds. The molecule has 0 saturated heterocycles. The molecule has 0 aliphatic heterocycles. The third-order valence-electron chi connectivity index (χ3n) is 3.17. The predicted octanol–water partition coefficient (Wildman–Crippen LogP) is 2.53. The van der Waals surface area contributed by atoms with Crippen molar-refractivity contribution in [3.05, 3.63) is 29.6 Å². The largest absolute Gasteiger partial charge is 0.302 e. The maximum Gasteiger partial charge on any atom is 0.229 e. The zero-order valence-electron chi connectivity index (χ0n) is 11.9. The van der Waals surface area contributed by atoms with E-state index in [-0.39, 0.29) is 11.8 Å². The Bertz CT molecular complexity index is 793. The van der Waals surface area contributed by atoms with Crippen LogP contribution in [0.15, 0.2) is 29.6 Å². The minimum Gasteiger partial charge on any atom is -0.302 e. The number of thiazole rings is 1. The van der Waals surface area contributed by atoms with Gasteiger partial charge in [-0.1, -0.05) is 12.1 Å². The lowest BCUT2D eigenvalue weighted by molar-refractivity contribution is -0.117. The van der Waals surface area contributed by atoms with Crippen LogP contribution in [0, 0.1) is 5.92 Å². The Labute approximate surface area is 132 Å². The van der Waals surface area contributed by atoms with E-state index >= 15 is 0 Å². The molecule has 1 fully saturated rings. The van der Waals surface area contributed by atoms with E-state index in [4.69, 9.17) is 0 Å². The van der Waals surface area contributed by atoms with E-state index in [9.17, 15) is 13.2 Å². The van der Waals surface area contributed by atoms with E-state index in [2.05, 4.69) is 15.0 Å². The minimum atomic E-state index is -3.28. The molecule has 1 heterocycles. The highest BCUT2D eigenvalue weighted by atomic mass is 32.2. The van der Waals surface area contributed by atoms with Crippen LogP contribution >= 0.6 is 11.3 Å². The first-order valence-electron chi connectivity index (χ1n) is 6.75.